The molecule has 0 radical (unpaired) electrons. The summed E-state index contributed by atoms with van der Waals surface area (Å²) in [5.74, 6) is 0.236. The Balaban J connectivity index is 1.75. The van der Waals surface area contributed by atoms with Crippen LogP contribution in [0.5, 0.6) is 11.5 Å². The van der Waals surface area contributed by atoms with Crippen LogP contribution in [0.3, 0.4) is 0 Å². The fourth-order valence-electron chi connectivity index (χ4n) is 3.16. The molecular formula is C22H16BrNO3S2. The highest BCUT2D eigenvalue weighted by atomic mass is 79.9. The van der Waals surface area contributed by atoms with Gasteiger partial charge in [0.2, 0.25) is 0 Å². The number of hydrogen-bond acceptors (Lipinski definition) is 5. The van der Waals surface area contributed by atoms with E-state index in [1.807, 2.05) is 49.4 Å². The standard InChI is InChI=1S/C22H16BrNO3S2/c1-2-27-19-10-14(16(23)12-18(19)25)11-20-21(26)24(22(28)29-20)17-9-5-7-13-6-3-4-8-15(13)17/h3-12,25H,2H2,1H3/b20-11+. The summed E-state index contributed by atoms with van der Waals surface area (Å²) in [4.78, 5) is 15.3. The predicted molar refractivity (Wildman–Crippen MR) is 127 cm³/mol. The van der Waals surface area contributed by atoms with Crippen molar-refractivity contribution in [3.8, 4) is 11.5 Å². The topological polar surface area (TPSA) is 49.8 Å². The first-order valence-electron chi connectivity index (χ1n) is 8.90. The van der Waals surface area contributed by atoms with E-state index in [4.69, 9.17) is 17.0 Å². The molecule has 0 aliphatic carbocycles. The number of fused-ring (bicyclic) bond motifs is 1. The van der Waals surface area contributed by atoms with Crippen LogP contribution < -0.4 is 9.64 Å². The van der Waals surface area contributed by atoms with Crippen molar-refractivity contribution in [2.75, 3.05) is 11.5 Å². The Morgan fingerprint density at radius 2 is 1.97 bits per heavy atom. The molecule has 1 aliphatic heterocycles. The number of thiocarbonyl (C=S) groups is 1. The van der Waals surface area contributed by atoms with Crippen molar-refractivity contribution >= 4 is 72.7 Å². The predicted octanol–water partition coefficient (Wildman–Crippen LogP) is 6.11. The van der Waals surface area contributed by atoms with Crippen LogP contribution in [-0.2, 0) is 4.79 Å². The van der Waals surface area contributed by atoms with Gasteiger partial charge in [0.05, 0.1) is 17.2 Å². The molecule has 1 amide bonds. The quantitative estimate of drug-likeness (QED) is 0.356. The first-order valence-corrected chi connectivity index (χ1v) is 10.9. The second-order valence-corrected chi connectivity index (χ2v) is 8.82. The first kappa shape index (κ1) is 19.9. The van der Waals surface area contributed by atoms with E-state index in [-0.39, 0.29) is 11.7 Å². The zero-order valence-corrected chi connectivity index (χ0v) is 18.6. The monoisotopic (exact) mass is 485 g/mol. The molecule has 3 aromatic rings. The summed E-state index contributed by atoms with van der Waals surface area (Å²) in [5, 5.41) is 12.0. The van der Waals surface area contributed by atoms with Gasteiger partial charge in [-0.25, -0.2) is 0 Å². The Labute approximate surface area is 186 Å². The number of rotatable bonds is 4. The fraction of sp³-hybridized carbons (Fsp3) is 0.0909. The molecule has 0 aromatic heterocycles. The highest BCUT2D eigenvalue weighted by Crippen LogP contribution is 2.40. The van der Waals surface area contributed by atoms with E-state index in [0.717, 1.165) is 22.0 Å². The normalized spacial score (nSPS) is 15.5. The van der Waals surface area contributed by atoms with Crippen LogP contribution in [0.15, 0.2) is 64.0 Å². The van der Waals surface area contributed by atoms with Crippen LogP contribution >= 0.6 is 39.9 Å². The molecule has 0 atom stereocenters. The minimum atomic E-state index is -0.172. The Morgan fingerprint density at radius 1 is 1.21 bits per heavy atom. The number of nitrogens with zero attached hydrogens (tertiary/aromatic N) is 1. The van der Waals surface area contributed by atoms with Gasteiger partial charge in [-0.3, -0.25) is 9.69 Å². The smallest absolute Gasteiger partial charge is 0.270 e. The molecule has 4 rings (SSSR count). The molecule has 146 valence electrons. The maximum atomic E-state index is 13.2. The molecule has 29 heavy (non-hydrogen) atoms. The summed E-state index contributed by atoms with van der Waals surface area (Å²) in [6.07, 6.45) is 1.76. The molecule has 4 nitrogen and oxygen atoms in total. The molecule has 0 unspecified atom stereocenters. The Kier molecular flexibility index (Phi) is 5.63. The first-order chi connectivity index (χ1) is 14.0. The SMILES string of the molecule is CCOc1cc(/C=C2/SC(=S)N(c3cccc4ccccc34)C2=O)c(Br)cc1O. The molecular weight excluding hydrogens is 470 g/mol. The van der Waals surface area contributed by atoms with Gasteiger partial charge in [0.25, 0.3) is 5.91 Å². The number of carbonyl (C=O) groups excluding carboxylic acids is 1. The van der Waals surface area contributed by atoms with Crippen LogP contribution in [0.2, 0.25) is 0 Å². The van der Waals surface area contributed by atoms with Crippen molar-refractivity contribution in [2.24, 2.45) is 0 Å². The highest BCUT2D eigenvalue weighted by molar-refractivity contribution is 9.10. The largest absolute Gasteiger partial charge is 0.504 e. The van der Waals surface area contributed by atoms with Gasteiger partial charge in [0, 0.05) is 9.86 Å². The van der Waals surface area contributed by atoms with Crippen molar-refractivity contribution in [1.82, 2.24) is 0 Å². The number of benzene rings is 3. The average Bonchev–Trinajstić information content (AvgIpc) is 2.98. The third-order valence-corrected chi connectivity index (χ3v) is 6.45. The van der Waals surface area contributed by atoms with Crippen LogP contribution in [0.1, 0.15) is 12.5 Å². The summed E-state index contributed by atoms with van der Waals surface area (Å²) in [6, 6.07) is 17.0. The van der Waals surface area contributed by atoms with Crippen molar-refractivity contribution in [3.05, 3.63) is 69.5 Å². The lowest BCUT2D eigenvalue weighted by atomic mass is 10.1. The zero-order valence-electron chi connectivity index (χ0n) is 15.4. The van der Waals surface area contributed by atoms with E-state index in [9.17, 15) is 9.90 Å². The molecule has 0 spiro atoms. The van der Waals surface area contributed by atoms with Gasteiger partial charge < -0.3 is 9.84 Å². The van der Waals surface area contributed by atoms with Gasteiger partial charge in [0.15, 0.2) is 15.8 Å². The second kappa shape index (κ2) is 8.18. The van der Waals surface area contributed by atoms with E-state index in [1.54, 1.807) is 23.1 Å². The molecule has 1 fully saturated rings. The van der Waals surface area contributed by atoms with Crippen LogP contribution in [0.25, 0.3) is 16.8 Å². The average molecular weight is 486 g/mol. The molecule has 1 N–H and O–H groups in total. The van der Waals surface area contributed by atoms with Crippen LogP contribution in [-0.4, -0.2) is 21.9 Å². The Bertz CT molecular complexity index is 1170. The number of hydrogen-bond donors (Lipinski definition) is 1. The zero-order chi connectivity index (χ0) is 20.5. The fourth-order valence-corrected chi connectivity index (χ4v) is 4.88. The number of amides is 1. The maximum Gasteiger partial charge on any atom is 0.270 e. The minimum Gasteiger partial charge on any atom is -0.504 e. The van der Waals surface area contributed by atoms with Gasteiger partial charge in [0.1, 0.15) is 0 Å². The summed E-state index contributed by atoms with van der Waals surface area (Å²) in [7, 11) is 0. The highest BCUT2D eigenvalue weighted by Gasteiger charge is 2.34. The van der Waals surface area contributed by atoms with E-state index in [0.29, 0.717) is 26.1 Å². The van der Waals surface area contributed by atoms with Crippen molar-refractivity contribution < 1.29 is 14.6 Å². The summed E-state index contributed by atoms with van der Waals surface area (Å²) >= 11 is 10.2. The maximum absolute atomic E-state index is 13.2. The van der Waals surface area contributed by atoms with Crippen molar-refractivity contribution in [3.63, 3.8) is 0 Å². The number of aromatic hydroxyl groups is 1. The molecule has 0 saturated carbocycles. The number of phenols is 1. The second-order valence-electron chi connectivity index (χ2n) is 6.29. The lowest BCUT2D eigenvalue weighted by Gasteiger charge is -2.17. The van der Waals surface area contributed by atoms with Crippen LogP contribution in [0, 0.1) is 0 Å². The number of anilines is 1. The third-order valence-electron chi connectivity index (χ3n) is 4.47. The van der Waals surface area contributed by atoms with Crippen molar-refractivity contribution in [2.45, 2.75) is 6.92 Å². The molecule has 1 aliphatic rings. The van der Waals surface area contributed by atoms with E-state index >= 15 is 0 Å². The van der Waals surface area contributed by atoms with Gasteiger partial charge in [-0.05, 0) is 42.1 Å². The van der Waals surface area contributed by atoms with Gasteiger partial charge >= 0.3 is 0 Å². The van der Waals surface area contributed by atoms with E-state index < -0.39 is 0 Å². The van der Waals surface area contributed by atoms with E-state index in [1.165, 1.54) is 11.8 Å². The Hall–Kier alpha value is -2.35. The molecule has 1 saturated heterocycles. The number of phenolic OH excluding ortho intramolecular Hbond substituents is 1. The molecule has 7 heteroatoms. The number of ether oxygens (including phenoxy) is 1. The van der Waals surface area contributed by atoms with Gasteiger partial charge in [-0.1, -0.05) is 76.3 Å². The Morgan fingerprint density at radius 3 is 2.76 bits per heavy atom. The van der Waals surface area contributed by atoms with Gasteiger partial charge in [-0.2, -0.15) is 0 Å². The minimum absolute atomic E-state index is 0.0409. The van der Waals surface area contributed by atoms with Crippen molar-refractivity contribution in [1.29, 1.82) is 0 Å². The van der Waals surface area contributed by atoms with Gasteiger partial charge in [-0.15, -0.1) is 0 Å². The summed E-state index contributed by atoms with van der Waals surface area (Å²) in [6.45, 7) is 2.27. The lowest BCUT2D eigenvalue weighted by molar-refractivity contribution is -0.113. The summed E-state index contributed by atoms with van der Waals surface area (Å²) in [5.41, 5.74) is 1.50. The third kappa shape index (κ3) is 3.77. The molecule has 3 aromatic carbocycles. The molecule has 0 bridgehead atoms. The molecule has 1 heterocycles. The van der Waals surface area contributed by atoms with E-state index in [2.05, 4.69) is 15.9 Å². The van der Waals surface area contributed by atoms with Crippen LogP contribution in [0.4, 0.5) is 5.69 Å². The summed E-state index contributed by atoms with van der Waals surface area (Å²) < 4.78 is 6.60. The number of thioether (sulfide) groups is 1. The lowest BCUT2D eigenvalue weighted by Crippen LogP contribution is -2.27. The number of carbonyl (C=O) groups is 1. The number of halogens is 1.